The third-order valence-electron chi connectivity index (χ3n) is 4.34. The summed E-state index contributed by atoms with van der Waals surface area (Å²) in [5.41, 5.74) is 1.11. The van der Waals surface area contributed by atoms with Gasteiger partial charge in [0.2, 0.25) is 0 Å². The van der Waals surface area contributed by atoms with Crippen LogP contribution in [-0.4, -0.2) is 18.7 Å². The van der Waals surface area contributed by atoms with Gasteiger partial charge in [-0.3, -0.25) is 0 Å². The summed E-state index contributed by atoms with van der Waals surface area (Å²) in [6.45, 7) is 0. The number of fused-ring (bicyclic) bond motifs is 2. The first-order valence-electron chi connectivity index (χ1n) is 6.42. The average Bonchev–Trinajstić information content (AvgIpc) is 2.96. The van der Waals surface area contributed by atoms with E-state index in [1.54, 1.807) is 13.2 Å². The second-order valence-electron chi connectivity index (χ2n) is 5.42. The summed E-state index contributed by atoms with van der Waals surface area (Å²) < 4.78 is 19.6. The molecule has 2 nitrogen and oxygen atoms in total. The van der Waals surface area contributed by atoms with E-state index in [0.717, 1.165) is 17.7 Å². The molecule has 3 rings (SSSR count). The largest absolute Gasteiger partial charge is 0.496 e. The van der Waals surface area contributed by atoms with Gasteiger partial charge in [-0.1, -0.05) is 0 Å². The molecule has 4 heteroatoms. The van der Waals surface area contributed by atoms with Crippen LogP contribution in [0.4, 0.5) is 4.39 Å². The fraction of sp³-hybridized carbons (Fsp3) is 0.571. The predicted octanol–water partition coefficient (Wildman–Crippen LogP) is 3.42. The van der Waals surface area contributed by atoms with E-state index in [1.807, 2.05) is 0 Å². The average molecular weight is 314 g/mol. The van der Waals surface area contributed by atoms with E-state index in [1.165, 1.54) is 31.7 Å². The lowest BCUT2D eigenvalue weighted by atomic mass is 9.83. The summed E-state index contributed by atoms with van der Waals surface area (Å²) >= 11 is 3.36. The Morgan fingerprint density at radius 2 is 2.17 bits per heavy atom. The molecule has 1 aromatic rings. The van der Waals surface area contributed by atoms with Gasteiger partial charge in [-0.15, -0.1) is 0 Å². The minimum atomic E-state index is -0.213. The number of hydrogen-bond acceptors (Lipinski definition) is 2. The Morgan fingerprint density at radius 1 is 1.44 bits per heavy atom. The first-order valence-corrected chi connectivity index (χ1v) is 7.21. The molecule has 18 heavy (non-hydrogen) atoms. The molecule has 1 aromatic carbocycles. The second-order valence-corrected chi connectivity index (χ2v) is 6.21. The number of hydrogen-bond donors (Lipinski definition) is 1. The van der Waals surface area contributed by atoms with Crippen molar-refractivity contribution < 1.29 is 9.13 Å². The van der Waals surface area contributed by atoms with Crippen molar-refractivity contribution in [3.63, 3.8) is 0 Å². The van der Waals surface area contributed by atoms with Gasteiger partial charge >= 0.3 is 0 Å². The van der Waals surface area contributed by atoms with Crippen LogP contribution in [0.2, 0.25) is 0 Å². The minimum Gasteiger partial charge on any atom is -0.496 e. The monoisotopic (exact) mass is 313 g/mol. The minimum absolute atomic E-state index is 0.161. The van der Waals surface area contributed by atoms with E-state index >= 15 is 0 Å². The van der Waals surface area contributed by atoms with Crippen LogP contribution in [0.5, 0.6) is 5.75 Å². The Kier molecular flexibility index (Phi) is 3.10. The molecule has 2 bridgehead atoms. The molecule has 98 valence electrons. The number of methoxy groups -OCH3 is 1. The Bertz CT molecular complexity index is 469. The first-order chi connectivity index (χ1) is 8.63. The van der Waals surface area contributed by atoms with Crippen molar-refractivity contribution in [3.8, 4) is 5.75 Å². The third kappa shape index (κ3) is 1.95. The van der Waals surface area contributed by atoms with Gasteiger partial charge in [0.1, 0.15) is 11.6 Å². The molecule has 0 spiro atoms. The zero-order valence-corrected chi connectivity index (χ0v) is 12.0. The molecular weight excluding hydrogens is 297 g/mol. The molecule has 0 aliphatic carbocycles. The van der Waals surface area contributed by atoms with E-state index in [-0.39, 0.29) is 11.4 Å². The van der Waals surface area contributed by atoms with Gasteiger partial charge in [0, 0.05) is 17.1 Å². The molecule has 0 amide bonds. The van der Waals surface area contributed by atoms with Gasteiger partial charge in [-0.2, -0.15) is 0 Å². The molecule has 2 aliphatic heterocycles. The molecule has 0 atom stereocenters. The summed E-state index contributed by atoms with van der Waals surface area (Å²) in [6.07, 6.45) is 5.70. The lowest BCUT2D eigenvalue weighted by Crippen LogP contribution is -2.38. The Balaban J connectivity index is 1.94. The summed E-state index contributed by atoms with van der Waals surface area (Å²) in [5.74, 6) is 0.560. The van der Waals surface area contributed by atoms with Crippen molar-refractivity contribution in [1.29, 1.82) is 0 Å². The maximum absolute atomic E-state index is 13.7. The Morgan fingerprint density at radius 3 is 2.72 bits per heavy atom. The number of rotatable bonds is 3. The zero-order chi connectivity index (χ0) is 12.8. The van der Waals surface area contributed by atoms with Gasteiger partial charge in [-0.25, -0.2) is 4.39 Å². The Hall–Kier alpha value is -0.610. The van der Waals surface area contributed by atoms with Gasteiger partial charge in [0.15, 0.2) is 0 Å². The fourth-order valence-corrected chi connectivity index (χ4v) is 3.86. The summed E-state index contributed by atoms with van der Waals surface area (Å²) in [7, 11) is 1.64. The molecule has 0 saturated carbocycles. The standard InChI is InChI=1S/C14H17BrFNO/c1-18-12-3-2-11(16)13(15)10(12)8-14-6-4-9(17-14)5-7-14/h2-3,9,17H,4-8H2,1H3. The van der Waals surface area contributed by atoms with Crippen molar-refractivity contribution >= 4 is 15.9 Å². The van der Waals surface area contributed by atoms with Crippen LogP contribution in [0.3, 0.4) is 0 Å². The molecule has 2 saturated heterocycles. The van der Waals surface area contributed by atoms with Gasteiger partial charge in [0.05, 0.1) is 11.6 Å². The normalized spacial score (nSPS) is 29.8. The highest BCUT2D eigenvalue weighted by Crippen LogP contribution is 2.42. The van der Waals surface area contributed by atoms with Crippen LogP contribution in [0.25, 0.3) is 0 Å². The van der Waals surface area contributed by atoms with Crippen LogP contribution < -0.4 is 10.1 Å². The zero-order valence-electron chi connectivity index (χ0n) is 10.4. The van der Waals surface area contributed by atoms with Crippen LogP contribution in [0.1, 0.15) is 31.2 Å². The van der Waals surface area contributed by atoms with E-state index in [4.69, 9.17) is 4.74 Å². The van der Waals surface area contributed by atoms with Crippen LogP contribution in [0.15, 0.2) is 16.6 Å². The SMILES string of the molecule is COc1ccc(F)c(Br)c1CC12CCC(CC1)N2. The molecule has 2 fully saturated rings. The van der Waals surface area contributed by atoms with E-state index in [0.29, 0.717) is 10.5 Å². The van der Waals surface area contributed by atoms with Crippen molar-refractivity contribution in [3.05, 3.63) is 28.0 Å². The smallest absolute Gasteiger partial charge is 0.137 e. The molecule has 2 aliphatic rings. The number of nitrogens with one attached hydrogen (secondary N) is 1. The third-order valence-corrected chi connectivity index (χ3v) is 5.20. The van der Waals surface area contributed by atoms with Crippen LogP contribution in [0, 0.1) is 5.82 Å². The highest BCUT2D eigenvalue weighted by Gasteiger charge is 2.44. The van der Waals surface area contributed by atoms with E-state index in [9.17, 15) is 4.39 Å². The molecule has 2 heterocycles. The van der Waals surface area contributed by atoms with Crippen molar-refractivity contribution in [2.24, 2.45) is 0 Å². The van der Waals surface area contributed by atoms with E-state index < -0.39 is 0 Å². The number of benzene rings is 1. The second kappa shape index (κ2) is 4.49. The quantitative estimate of drug-likeness (QED) is 0.923. The first kappa shape index (κ1) is 12.4. The molecule has 0 radical (unpaired) electrons. The highest BCUT2D eigenvalue weighted by atomic mass is 79.9. The van der Waals surface area contributed by atoms with Crippen molar-refractivity contribution in [1.82, 2.24) is 5.32 Å². The maximum Gasteiger partial charge on any atom is 0.137 e. The highest BCUT2D eigenvalue weighted by molar-refractivity contribution is 9.10. The van der Waals surface area contributed by atoms with E-state index in [2.05, 4.69) is 21.2 Å². The Labute approximate surface area is 115 Å². The lowest BCUT2D eigenvalue weighted by Gasteiger charge is -2.27. The lowest BCUT2D eigenvalue weighted by molar-refractivity contribution is 0.363. The van der Waals surface area contributed by atoms with Crippen LogP contribution in [-0.2, 0) is 6.42 Å². The summed E-state index contributed by atoms with van der Waals surface area (Å²) in [5, 5.41) is 3.69. The molecule has 0 unspecified atom stereocenters. The van der Waals surface area contributed by atoms with Gasteiger partial charge in [0.25, 0.3) is 0 Å². The molecule has 1 N–H and O–H groups in total. The topological polar surface area (TPSA) is 21.3 Å². The number of ether oxygens (including phenoxy) is 1. The predicted molar refractivity (Wildman–Crippen MR) is 72.5 cm³/mol. The fourth-order valence-electron chi connectivity index (χ4n) is 3.39. The van der Waals surface area contributed by atoms with Crippen LogP contribution >= 0.6 is 15.9 Å². The molecular formula is C14H17BrFNO. The van der Waals surface area contributed by atoms with Crippen molar-refractivity contribution in [2.75, 3.05) is 7.11 Å². The van der Waals surface area contributed by atoms with Gasteiger partial charge < -0.3 is 10.1 Å². The maximum atomic E-state index is 13.7. The summed E-state index contributed by atoms with van der Waals surface area (Å²) in [4.78, 5) is 0. The van der Waals surface area contributed by atoms with Crippen molar-refractivity contribution in [2.45, 2.75) is 43.7 Å². The number of halogens is 2. The molecule has 0 aromatic heterocycles. The summed E-state index contributed by atoms with van der Waals surface area (Å²) in [6, 6.07) is 3.83. The van der Waals surface area contributed by atoms with Gasteiger partial charge in [-0.05, 0) is 60.2 Å².